The van der Waals surface area contributed by atoms with Crippen LogP contribution in [0.2, 0.25) is 0 Å². The van der Waals surface area contributed by atoms with Gasteiger partial charge in [0, 0.05) is 23.5 Å². The van der Waals surface area contributed by atoms with Crippen molar-refractivity contribution in [1.82, 2.24) is 9.80 Å². The lowest BCUT2D eigenvalue weighted by Crippen LogP contribution is -2.37. The third kappa shape index (κ3) is 5.37. The summed E-state index contributed by atoms with van der Waals surface area (Å²) in [7, 11) is 0. The number of thiophene rings is 1. The summed E-state index contributed by atoms with van der Waals surface area (Å²) in [4.78, 5) is 30.9. The van der Waals surface area contributed by atoms with Gasteiger partial charge in [0.15, 0.2) is 0 Å². The summed E-state index contributed by atoms with van der Waals surface area (Å²) in [6.07, 6.45) is 0. The third-order valence-corrected chi connectivity index (χ3v) is 7.51. The predicted octanol–water partition coefficient (Wildman–Crippen LogP) is 5.40. The number of aliphatic hydroxyl groups is 1. The number of carbonyl (C=O) groups excluding carboxylic acids is 2. The Morgan fingerprint density at radius 2 is 1.81 bits per heavy atom. The van der Waals surface area contributed by atoms with Crippen molar-refractivity contribution in [3.05, 3.63) is 93.2 Å². The molecule has 0 saturated carbocycles. The van der Waals surface area contributed by atoms with Gasteiger partial charge in [-0.2, -0.15) is 0 Å². The molecule has 1 fully saturated rings. The molecule has 0 aliphatic carbocycles. The van der Waals surface area contributed by atoms with Crippen LogP contribution in [0.15, 0.2) is 71.6 Å². The van der Waals surface area contributed by atoms with Crippen LogP contribution in [-0.2, 0) is 16.2 Å². The van der Waals surface area contributed by atoms with Gasteiger partial charge in [0.2, 0.25) is 0 Å². The van der Waals surface area contributed by atoms with Gasteiger partial charge in [0.25, 0.3) is 11.7 Å². The quantitative estimate of drug-likeness (QED) is 0.227. The second kappa shape index (κ2) is 11.5. The summed E-state index contributed by atoms with van der Waals surface area (Å²) in [5.41, 5.74) is 2.52. The maximum absolute atomic E-state index is 13.2. The van der Waals surface area contributed by atoms with Crippen LogP contribution in [0.1, 0.15) is 41.5 Å². The Balaban J connectivity index is 1.64. The Labute approximate surface area is 216 Å². The Kier molecular flexibility index (Phi) is 8.23. The van der Waals surface area contributed by atoms with E-state index >= 15 is 0 Å². The molecule has 1 aromatic heterocycles. The number of ether oxygens (including phenoxy) is 1. The highest BCUT2D eigenvalue weighted by Crippen LogP contribution is 2.41. The molecule has 3 aromatic rings. The first-order valence-electron chi connectivity index (χ1n) is 12.3. The van der Waals surface area contributed by atoms with Crippen LogP contribution < -0.4 is 4.74 Å². The van der Waals surface area contributed by atoms with Crippen LogP contribution in [0, 0.1) is 6.92 Å². The number of amides is 1. The number of hydrogen-bond donors (Lipinski definition) is 1. The van der Waals surface area contributed by atoms with E-state index in [1.54, 1.807) is 23.1 Å². The molecule has 4 rings (SSSR count). The molecule has 0 unspecified atom stereocenters. The van der Waals surface area contributed by atoms with E-state index in [1.807, 2.05) is 54.8 Å². The normalized spacial score (nSPS) is 17.2. The molecule has 1 saturated heterocycles. The van der Waals surface area contributed by atoms with Gasteiger partial charge in [0.05, 0.1) is 11.6 Å². The summed E-state index contributed by atoms with van der Waals surface area (Å²) >= 11 is 1.48. The van der Waals surface area contributed by atoms with Crippen molar-refractivity contribution in [2.45, 2.75) is 33.4 Å². The lowest BCUT2D eigenvalue weighted by molar-refractivity contribution is -0.140. The summed E-state index contributed by atoms with van der Waals surface area (Å²) < 4.78 is 5.96. The topological polar surface area (TPSA) is 70.1 Å². The minimum Gasteiger partial charge on any atom is -0.507 e. The van der Waals surface area contributed by atoms with Gasteiger partial charge in [-0.25, -0.2) is 0 Å². The van der Waals surface area contributed by atoms with Crippen LogP contribution in [0.3, 0.4) is 0 Å². The van der Waals surface area contributed by atoms with E-state index in [0.29, 0.717) is 31.0 Å². The zero-order chi connectivity index (χ0) is 25.7. The number of likely N-dealkylation sites (N-methyl/N-ethyl adjacent to an activating group) is 1. The average Bonchev–Trinajstić information content (AvgIpc) is 3.51. The highest BCUT2D eigenvalue weighted by molar-refractivity contribution is 7.10. The fraction of sp³-hybridized carbons (Fsp3) is 0.310. The number of nitrogens with zero attached hydrogens (tertiary/aromatic N) is 2. The van der Waals surface area contributed by atoms with Crippen molar-refractivity contribution in [2.24, 2.45) is 0 Å². The first-order valence-corrected chi connectivity index (χ1v) is 13.1. The molecule has 2 heterocycles. The van der Waals surface area contributed by atoms with E-state index in [1.165, 1.54) is 11.3 Å². The molecule has 7 heteroatoms. The van der Waals surface area contributed by atoms with Crippen LogP contribution in [0.25, 0.3) is 5.76 Å². The van der Waals surface area contributed by atoms with Gasteiger partial charge in [-0.05, 0) is 60.8 Å². The molecule has 1 atom stereocenters. The van der Waals surface area contributed by atoms with E-state index in [4.69, 9.17) is 4.74 Å². The smallest absolute Gasteiger partial charge is 0.295 e. The second-order valence-corrected chi connectivity index (χ2v) is 9.77. The Bertz CT molecular complexity index is 1230. The summed E-state index contributed by atoms with van der Waals surface area (Å²) in [6.45, 7) is 9.28. The molecule has 0 spiro atoms. The van der Waals surface area contributed by atoms with Crippen LogP contribution >= 0.6 is 11.3 Å². The molecule has 1 aliphatic rings. The number of rotatable bonds is 10. The number of benzene rings is 2. The Morgan fingerprint density at radius 1 is 1.06 bits per heavy atom. The number of hydrogen-bond acceptors (Lipinski definition) is 6. The Hall–Kier alpha value is -3.42. The van der Waals surface area contributed by atoms with Crippen molar-refractivity contribution >= 4 is 28.8 Å². The number of Topliss-reactive ketones (excluding diaryl/α,β-unsaturated/α-hetero) is 1. The largest absolute Gasteiger partial charge is 0.507 e. The molecular formula is C29H32N2O4S. The second-order valence-electron chi connectivity index (χ2n) is 8.79. The lowest BCUT2D eigenvalue weighted by atomic mass is 9.98. The summed E-state index contributed by atoms with van der Waals surface area (Å²) in [6, 6.07) is 18.4. The van der Waals surface area contributed by atoms with E-state index < -0.39 is 17.7 Å². The van der Waals surface area contributed by atoms with Crippen molar-refractivity contribution in [3.63, 3.8) is 0 Å². The number of likely N-dealkylation sites (tertiary alicyclic amines) is 1. The maximum atomic E-state index is 13.2. The maximum Gasteiger partial charge on any atom is 0.295 e. The molecule has 0 radical (unpaired) electrons. The molecular weight excluding hydrogens is 472 g/mol. The molecule has 36 heavy (non-hydrogen) atoms. The Morgan fingerprint density at radius 3 is 2.44 bits per heavy atom. The van der Waals surface area contributed by atoms with E-state index in [9.17, 15) is 14.7 Å². The van der Waals surface area contributed by atoms with E-state index in [0.717, 1.165) is 29.1 Å². The molecule has 188 valence electrons. The van der Waals surface area contributed by atoms with Gasteiger partial charge in [-0.1, -0.05) is 50.2 Å². The van der Waals surface area contributed by atoms with Crippen LogP contribution in [0.5, 0.6) is 5.75 Å². The summed E-state index contributed by atoms with van der Waals surface area (Å²) in [5, 5.41) is 13.2. The van der Waals surface area contributed by atoms with Gasteiger partial charge < -0.3 is 19.6 Å². The average molecular weight is 505 g/mol. The van der Waals surface area contributed by atoms with Gasteiger partial charge in [0.1, 0.15) is 18.1 Å². The van der Waals surface area contributed by atoms with Crippen molar-refractivity contribution in [2.75, 3.05) is 26.2 Å². The minimum atomic E-state index is -0.646. The highest BCUT2D eigenvalue weighted by atomic mass is 32.1. The summed E-state index contributed by atoms with van der Waals surface area (Å²) in [5.74, 6) is -0.672. The van der Waals surface area contributed by atoms with Crippen molar-refractivity contribution < 1.29 is 19.4 Å². The predicted molar refractivity (Wildman–Crippen MR) is 143 cm³/mol. The molecule has 6 nitrogen and oxygen atoms in total. The SMILES string of the molecule is CCN(CC)CCN1C(=O)C(=O)/C(=C(/O)c2ccc(OCc3ccccc3)c(C)c2)[C@H]1c1cccs1. The van der Waals surface area contributed by atoms with Crippen LogP contribution in [-0.4, -0.2) is 52.8 Å². The molecule has 2 aromatic carbocycles. The number of carbonyl (C=O) groups is 2. The lowest BCUT2D eigenvalue weighted by Gasteiger charge is -2.27. The van der Waals surface area contributed by atoms with Gasteiger partial charge >= 0.3 is 0 Å². The molecule has 0 bridgehead atoms. The first kappa shape index (κ1) is 25.7. The molecule has 1 aliphatic heterocycles. The molecule has 1 N–H and O–H groups in total. The fourth-order valence-corrected chi connectivity index (χ4v) is 5.34. The monoisotopic (exact) mass is 504 g/mol. The number of aryl methyl sites for hydroxylation is 1. The van der Waals surface area contributed by atoms with Crippen molar-refractivity contribution in [3.8, 4) is 5.75 Å². The van der Waals surface area contributed by atoms with E-state index in [-0.39, 0.29) is 11.3 Å². The number of ketones is 1. The third-order valence-electron chi connectivity index (χ3n) is 6.59. The molecule has 1 amide bonds. The fourth-order valence-electron chi connectivity index (χ4n) is 4.49. The first-order chi connectivity index (χ1) is 17.4. The van der Waals surface area contributed by atoms with Crippen molar-refractivity contribution in [1.29, 1.82) is 0 Å². The highest BCUT2D eigenvalue weighted by Gasteiger charge is 2.46. The zero-order valence-electron chi connectivity index (χ0n) is 20.9. The minimum absolute atomic E-state index is 0.138. The standard InChI is InChI=1S/C29H32N2O4S/c1-4-30(5-2)15-16-31-26(24-12-9-17-36-24)25(28(33)29(31)34)27(32)22-13-14-23(20(3)18-22)35-19-21-10-7-6-8-11-21/h6-14,17-18,26,32H,4-5,15-16,19H2,1-3H3/b27-25+/t26-/m1/s1. The zero-order valence-corrected chi connectivity index (χ0v) is 21.8. The number of aliphatic hydroxyl groups excluding tert-OH is 1. The van der Waals surface area contributed by atoms with Crippen LogP contribution in [0.4, 0.5) is 0 Å². The van der Waals surface area contributed by atoms with E-state index in [2.05, 4.69) is 18.7 Å². The van der Waals surface area contributed by atoms with Gasteiger partial charge in [-0.15, -0.1) is 11.3 Å². The van der Waals surface area contributed by atoms with Gasteiger partial charge in [-0.3, -0.25) is 9.59 Å².